The lowest BCUT2D eigenvalue weighted by molar-refractivity contribution is -0.237. The Morgan fingerprint density at radius 3 is 2.69 bits per heavy atom. The Labute approximate surface area is 236 Å². The van der Waals surface area contributed by atoms with Gasteiger partial charge >= 0.3 is 5.97 Å². The quantitative estimate of drug-likeness (QED) is 0.236. The van der Waals surface area contributed by atoms with Gasteiger partial charge in [-0.1, -0.05) is 6.92 Å². The zero-order chi connectivity index (χ0) is 27.6. The number of fused-ring (bicyclic) bond motifs is 5. The van der Waals surface area contributed by atoms with Crippen molar-refractivity contribution in [1.82, 2.24) is 10.4 Å². The summed E-state index contributed by atoms with van der Waals surface area (Å²) in [7, 11) is 0. The number of hydrazone groups is 1. The molecule has 1 aromatic rings. The minimum Gasteiger partial charge on any atom is -0.458 e. The van der Waals surface area contributed by atoms with Crippen LogP contribution in [-0.2, 0) is 9.53 Å². The fourth-order valence-corrected chi connectivity index (χ4v) is 9.53. The third kappa shape index (κ3) is 4.04. The number of esters is 1. The normalized spacial score (nSPS) is 43.3. The second-order valence-corrected chi connectivity index (χ2v) is 13.5. The molecular formula is C29H36BrN3O6. The van der Waals surface area contributed by atoms with E-state index in [2.05, 4.69) is 38.4 Å². The fraction of sp³-hybridized carbons (Fsp3) is 0.655. The molecular weight excluding hydrogens is 566 g/mol. The van der Waals surface area contributed by atoms with Crippen LogP contribution < -0.4 is 5.43 Å². The number of halogens is 1. The molecule has 0 bridgehead atoms. The smallest absolute Gasteiger partial charge is 0.331 e. The van der Waals surface area contributed by atoms with Gasteiger partial charge in [0.05, 0.1) is 22.9 Å². The van der Waals surface area contributed by atoms with Gasteiger partial charge in [-0.2, -0.15) is 5.10 Å². The van der Waals surface area contributed by atoms with Crippen molar-refractivity contribution in [3.05, 3.63) is 40.1 Å². The number of pyridine rings is 1. The van der Waals surface area contributed by atoms with E-state index in [0.717, 1.165) is 24.8 Å². The standard InChI is InChI=1S/C29H36BrN3O6/c1-26-6-3-22-23(29(26,38)9-5-21(26)18-11-24(35)39-15-18)4-8-28(37)12-20(34)2-7-27(22,28)16-32-33-25(36)17-10-19(30)14-31-13-17/h10-11,13-14,16,20-23,34,37-38H,2-9,12,15H2,1H3,(H,33,36)/b32-16-/t20-,21-,22+,23-,26-,27+,28-,29-/m1/s1. The summed E-state index contributed by atoms with van der Waals surface area (Å²) >= 11 is 3.33. The first-order valence-corrected chi connectivity index (χ1v) is 14.8. The lowest BCUT2D eigenvalue weighted by Crippen LogP contribution is -2.68. The predicted molar refractivity (Wildman–Crippen MR) is 145 cm³/mol. The molecule has 1 amide bonds. The van der Waals surface area contributed by atoms with E-state index in [-0.39, 0.29) is 30.1 Å². The van der Waals surface area contributed by atoms with Gasteiger partial charge in [0.2, 0.25) is 0 Å². The number of hydrogen-bond acceptors (Lipinski definition) is 8. The van der Waals surface area contributed by atoms with Crippen LogP contribution in [-0.4, -0.2) is 62.3 Å². The molecule has 2 heterocycles. The molecule has 0 aromatic carbocycles. The van der Waals surface area contributed by atoms with Crippen molar-refractivity contribution in [2.45, 2.75) is 82.0 Å². The van der Waals surface area contributed by atoms with Gasteiger partial charge in [-0.15, -0.1) is 0 Å². The van der Waals surface area contributed by atoms with Crippen molar-refractivity contribution in [1.29, 1.82) is 0 Å². The van der Waals surface area contributed by atoms with Gasteiger partial charge in [-0.3, -0.25) is 9.78 Å². The first-order chi connectivity index (χ1) is 18.5. The van der Waals surface area contributed by atoms with E-state index in [9.17, 15) is 24.9 Å². The van der Waals surface area contributed by atoms with E-state index in [4.69, 9.17) is 4.74 Å². The van der Waals surface area contributed by atoms with Gasteiger partial charge in [0, 0.05) is 46.4 Å². The molecule has 0 unspecified atom stereocenters. The molecule has 4 saturated carbocycles. The molecule has 4 aliphatic carbocycles. The third-order valence-corrected chi connectivity index (χ3v) is 11.5. The van der Waals surface area contributed by atoms with Crippen molar-refractivity contribution in [3.63, 3.8) is 0 Å². The maximum absolute atomic E-state index is 12.8. The van der Waals surface area contributed by atoms with Gasteiger partial charge < -0.3 is 20.1 Å². The second kappa shape index (κ2) is 9.46. The second-order valence-electron chi connectivity index (χ2n) is 12.6. The lowest BCUT2D eigenvalue weighted by atomic mass is 9.41. The minimum atomic E-state index is -1.19. The Hall–Kier alpha value is -2.14. The van der Waals surface area contributed by atoms with Gasteiger partial charge in [-0.05, 0) is 96.7 Å². The van der Waals surface area contributed by atoms with Crippen LogP contribution in [0.3, 0.4) is 0 Å². The Kier molecular flexibility index (Phi) is 6.56. The summed E-state index contributed by atoms with van der Waals surface area (Å²) in [5.41, 5.74) is 0.608. The van der Waals surface area contributed by atoms with Crippen LogP contribution in [0.5, 0.6) is 0 Å². The van der Waals surface area contributed by atoms with E-state index in [1.54, 1.807) is 24.6 Å². The highest BCUT2D eigenvalue weighted by atomic mass is 79.9. The van der Waals surface area contributed by atoms with Crippen LogP contribution in [0.2, 0.25) is 0 Å². The molecule has 1 aromatic heterocycles. The molecule has 8 atom stereocenters. The highest BCUT2D eigenvalue weighted by Gasteiger charge is 2.71. The molecule has 0 radical (unpaired) electrons. The number of aliphatic hydroxyl groups is 3. The summed E-state index contributed by atoms with van der Waals surface area (Å²) in [6.07, 6.45) is 11.1. The van der Waals surface area contributed by atoms with Crippen molar-refractivity contribution >= 4 is 34.0 Å². The number of rotatable bonds is 4. The summed E-state index contributed by atoms with van der Waals surface area (Å²) in [4.78, 5) is 28.6. The van der Waals surface area contributed by atoms with Gasteiger partial charge in [0.1, 0.15) is 6.61 Å². The topological polar surface area (TPSA) is 141 Å². The first-order valence-electron chi connectivity index (χ1n) is 14.0. The third-order valence-electron chi connectivity index (χ3n) is 11.1. The average molecular weight is 603 g/mol. The van der Waals surface area contributed by atoms with E-state index < -0.39 is 34.0 Å². The van der Waals surface area contributed by atoms with Crippen LogP contribution in [0.1, 0.15) is 75.1 Å². The molecule has 0 spiro atoms. The van der Waals surface area contributed by atoms with Gasteiger partial charge in [0.15, 0.2) is 0 Å². The van der Waals surface area contributed by atoms with Crippen LogP contribution in [0.4, 0.5) is 0 Å². The molecule has 9 nitrogen and oxygen atoms in total. The Morgan fingerprint density at radius 1 is 1.15 bits per heavy atom. The molecule has 6 rings (SSSR count). The Bertz CT molecular complexity index is 1260. The minimum absolute atomic E-state index is 0.0656. The Balaban J connectivity index is 1.32. The predicted octanol–water partition coefficient (Wildman–Crippen LogP) is 3.27. The van der Waals surface area contributed by atoms with Crippen LogP contribution in [0, 0.1) is 28.6 Å². The van der Waals surface area contributed by atoms with E-state index in [1.165, 1.54) is 6.20 Å². The molecule has 4 fully saturated rings. The molecule has 210 valence electrons. The fourth-order valence-electron chi connectivity index (χ4n) is 9.17. The molecule has 10 heteroatoms. The van der Waals surface area contributed by atoms with Gasteiger partial charge in [-0.25, -0.2) is 10.2 Å². The number of cyclic esters (lactones) is 1. The number of aromatic nitrogens is 1. The maximum atomic E-state index is 12.8. The number of hydrogen-bond donors (Lipinski definition) is 4. The maximum Gasteiger partial charge on any atom is 0.331 e. The van der Waals surface area contributed by atoms with Crippen molar-refractivity contribution in [3.8, 4) is 0 Å². The van der Waals surface area contributed by atoms with Crippen LogP contribution in [0.25, 0.3) is 0 Å². The monoisotopic (exact) mass is 601 g/mol. The van der Waals surface area contributed by atoms with Crippen molar-refractivity contribution in [2.24, 2.45) is 33.7 Å². The van der Waals surface area contributed by atoms with E-state index >= 15 is 0 Å². The number of amides is 1. The number of nitrogens with one attached hydrogen (secondary N) is 1. The summed E-state index contributed by atoms with van der Waals surface area (Å²) in [6.45, 7) is 2.45. The zero-order valence-electron chi connectivity index (χ0n) is 22.1. The largest absolute Gasteiger partial charge is 0.458 e. The number of nitrogens with zero attached hydrogens (tertiary/aromatic N) is 2. The average Bonchev–Trinajstić information content (AvgIpc) is 3.43. The molecule has 39 heavy (non-hydrogen) atoms. The summed E-state index contributed by atoms with van der Waals surface area (Å²) < 4.78 is 5.91. The number of aliphatic hydroxyl groups excluding tert-OH is 1. The van der Waals surface area contributed by atoms with Crippen molar-refractivity contribution in [2.75, 3.05) is 6.61 Å². The van der Waals surface area contributed by atoms with Crippen molar-refractivity contribution < 1.29 is 29.6 Å². The number of carbonyl (C=O) groups is 2. The Morgan fingerprint density at radius 2 is 1.95 bits per heavy atom. The van der Waals surface area contributed by atoms with E-state index in [0.29, 0.717) is 48.7 Å². The first kappa shape index (κ1) is 27.1. The SMILES string of the molecule is C[C@]12CC[C@H]3[C@@H](CC[C@@]4(O)C[C@H](O)CC[C@]34/C=N\NC(=O)c3cncc(Br)c3)[C@]1(O)CC[C@@H]2C1=CC(=O)OC1. The summed E-state index contributed by atoms with van der Waals surface area (Å²) in [5, 5.41) is 39.5. The molecule has 1 aliphatic heterocycles. The molecule has 0 saturated heterocycles. The highest BCUT2D eigenvalue weighted by molar-refractivity contribution is 9.10. The highest BCUT2D eigenvalue weighted by Crippen LogP contribution is 2.70. The molecule has 4 N–H and O–H groups in total. The summed E-state index contributed by atoms with van der Waals surface area (Å²) in [5.74, 6) is -0.780. The zero-order valence-corrected chi connectivity index (χ0v) is 23.7. The lowest BCUT2D eigenvalue weighted by Gasteiger charge is -2.65. The number of carbonyl (C=O) groups excluding carboxylic acids is 2. The van der Waals surface area contributed by atoms with Crippen LogP contribution >= 0.6 is 15.9 Å². The van der Waals surface area contributed by atoms with E-state index in [1.807, 2.05) is 0 Å². The van der Waals surface area contributed by atoms with Crippen LogP contribution in [0.15, 0.2) is 39.7 Å². The summed E-state index contributed by atoms with van der Waals surface area (Å²) in [6, 6.07) is 1.66. The number of ether oxygens (including phenoxy) is 1. The molecule has 5 aliphatic rings. The van der Waals surface area contributed by atoms with Gasteiger partial charge in [0.25, 0.3) is 5.91 Å².